The van der Waals surface area contributed by atoms with Crippen LogP contribution in [0, 0.1) is 0 Å². The van der Waals surface area contributed by atoms with Crippen LogP contribution in [0.3, 0.4) is 0 Å². The van der Waals surface area contributed by atoms with E-state index in [-0.39, 0.29) is 0 Å². The molecule has 0 saturated heterocycles. The Labute approximate surface area is 72.2 Å². The number of hydrogen-bond acceptors (Lipinski definition) is 2. The van der Waals surface area contributed by atoms with Gasteiger partial charge in [0.05, 0.1) is 0 Å². The van der Waals surface area contributed by atoms with Crippen LogP contribution < -0.4 is 0 Å². The van der Waals surface area contributed by atoms with Gasteiger partial charge in [-0.25, -0.2) is 9.69 Å². The molecule has 4 nitrogen and oxygen atoms in total. The van der Waals surface area contributed by atoms with Gasteiger partial charge in [-0.3, -0.25) is 4.79 Å². The molecule has 70 valence electrons. The average Bonchev–Trinajstić information content (AvgIpc) is 1.96. The smallest absolute Gasteiger partial charge is 0.414 e. The summed E-state index contributed by atoms with van der Waals surface area (Å²) in [6.45, 7) is 3.61. The fraction of sp³-hybridized carbons (Fsp3) is 0.750. The van der Waals surface area contributed by atoms with Crippen LogP contribution in [0.2, 0.25) is 0 Å². The highest BCUT2D eigenvalue weighted by Crippen LogP contribution is 1.99. The summed E-state index contributed by atoms with van der Waals surface area (Å²) in [5.41, 5.74) is 0. The average molecular weight is 173 g/mol. The molecule has 0 aliphatic rings. The van der Waals surface area contributed by atoms with E-state index >= 15 is 0 Å². The van der Waals surface area contributed by atoms with Crippen molar-refractivity contribution in [2.75, 3.05) is 6.54 Å². The first-order valence-corrected chi connectivity index (χ1v) is 4.10. The number of carbonyl (C=O) groups excluding carboxylic acids is 1. The first kappa shape index (κ1) is 10.9. The van der Waals surface area contributed by atoms with Crippen molar-refractivity contribution in [2.24, 2.45) is 0 Å². The summed E-state index contributed by atoms with van der Waals surface area (Å²) >= 11 is 0. The molecule has 1 N–H and O–H groups in total. The molecule has 4 heteroatoms. The van der Waals surface area contributed by atoms with Crippen LogP contribution in [0.1, 0.15) is 33.1 Å². The van der Waals surface area contributed by atoms with E-state index in [1.54, 1.807) is 0 Å². The second kappa shape index (κ2) is 5.57. The third-order valence-electron chi connectivity index (χ3n) is 1.60. The van der Waals surface area contributed by atoms with Crippen LogP contribution >= 0.6 is 0 Å². The highest BCUT2D eigenvalue weighted by atomic mass is 16.4. The fourth-order valence-corrected chi connectivity index (χ4v) is 0.908. The minimum Gasteiger partial charge on any atom is -0.465 e. The number of carboxylic acid groups (broad SMARTS) is 1. The molecular weight excluding hydrogens is 158 g/mol. The predicted molar refractivity (Wildman–Crippen MR) is 44.9 cm³/mol. The molecule has 0 bridgehead atoms. The van der Waals surface area contributed by atoms with Gasteiger partial charge in [0.25, 0.3) is 0 Å². The van der Waals surface area contributed by atoms with E-state index < -0.39 is 12.0 Å². The summed E-state index contributed by atoms with van der Waals surface area (Å²) in [6, 6.07) is 0. The monoisotopic (exact) mass is 173 g/mol. The Kier molecular flexibility index (Phi) is 5.08. The van der Waals surface area contributed by atoms with Crippen molar-refractivity contribution in [3.05, 3.63) is 0 Å². The second-order valence-electron chi connectivity index (χ2n) is 2.66. The van der Waals surface area contributed by atoms with Gasteiger partial charge in [-0.15, -0.1) is 0 Å². The van der Waals surface area contributed by atoms with Crippen molar-refractivity contribution in [2.45, 2.75) is 33.1 Å². The lowest BCUT2D eigenvalue weighted by atomic mass is 10.2. The first-order valence-electron chi connectivity index (χ1n) is 4.10. The Hall–Kier alpha value is -1.06. The molecule has 0 aromatic heterocycles. The summed E-state index contributed by atoms with van der Waals surface area (Å²) in [5.74, 6) is -0.404. The van der Waals surface area contributed by atoms with Crippen molar-refractivity contribution in [3.63, 3.8) is 0 Å². The number of carbonyl (C=O) groups is 2. The molecule has 0 heterocycles. The second-order valence-corrected chi connectivity index (χ2v) is 2.66. The van der Waals surface area contributed by atoms with Gasteiger partial charge in [-0.05, 0) is 6.42 Å². The largest absolute Gasteiger partial charge is 0.465 e. The highest BCUT2D eigenvalue weighted by Gasteiger charge is 2.14. The van der Waals surface area contributed by atoms with Crippen molar-refractivity contribution in [3.8, 4) is 0 Å². The van der Waals surface area contributed by atoms with Crippen LogP contribution in [0.15, 0.2) is 0 Å². The minimum absolute atomic E-state index is 0.318. The lowest BCUT2D eigenvalue weighted by molar-refractivity contribution is -0.126. The lowest BCUT2D eigenvalue weighted by Crippen LogP contribution is -2.34. The molecule has 0 aliphatic carbocycles. The molecule has 0 saturated carbocycles. The Morgan fingerprint density at radius 3 is 2.25 bits per heavy atom. The quantitative estimate of drug-likeness (QED) is 0.658. The van der Waals surface area contributed by atoms with Crippen molar-refractivity contribution in [1.82, 2.24) is 4.90 Å². The zero-order valence-corrected chi connectivity index (χ0v) is 7.54. The van der Waals surface area contributed by atoms with E-state index in [0.717, 1.165) is 24.2 Å². The van der Waals surface area contributed by atoms with E-state index in [0.29, 0.717) is 6.54 Å². The lowest BCUT2D eigenvalue weighted by Gasteiger charge is -2.14. The predicted octanol–water partition coefficient (Wildman–Crippen LogP) is 1.70. The van der Waals surface area contributed by atoms with E-state index in [1.165, 1.54) is 6.92 Å². The van der Waals surface area contributed by atoms with Gasteiger partial charge >= 0.3 is 6.09 Å². The number of unbranched alkanes of at least 4 members (excludes halogenated alkanes) is 2. The van der Waals surface area contributed by atoms with Crippen LogP contribution in [0.4, 0.5) is 4.79 Å². The Morgan fingerprint density at radius 1 is 1.33 bits per heavy atom. The zero-order chi connectivity index (χ0) is 9.56. The van der Waals surface area contributed by atoms with E-state index in [4.69, 9.17) is 5.11 Å². The number of rotatable bonds is 4. The molecule has 0 unspecified atom stereocenters. The van der Waals surface area contributed by atoms with Gasteiger partial charge in [0.1, 0.15) is 0 Å². The fourth-order valence-electron chi connectivity index (χ4n) is 0.908. The first-order chi connectivity index (χ1) is 5.59. The van der Waals surface area contributed by atoms with Gasteiger partial charge in [0.15, 0.2) is 0 Å². The third-order valence-corrected chi connectivity index (χ3v) is 1.60. The third kappa shape index (κ3) is 3.95. The SMILES string of the molecule is CCCCCN(C(C)=O)C(=O)O. The molecule has 0 rings (SSSR count). The van der Waals surface area contributed by atoms with Crippen molar-refractivity contribution < 1.29 is 14.7 Å². The van der Waals surface area contributed by atoms with Crippen LogP contribution in [0.25, 0.3) is 0 Å². The van der Waals surface area contributed by atoms with Crippen molar-refractivity contribution >= 4 is 12.0 Å². The van der Waals surface area contributed by atoms with Crippen molar-refractivity contribution in [1.29, 1.82) is 0 Å². The number of imide groups is 1. The molecule has 0 aromatic carbocycles. The minimum atomic E-state index is -1.15. The Balaban J connectivity index is 3.80. The number of nitrogens with zero attached hydrogens (tertiary/aromatic N) is 1. The maximum absolute atomic E-state index is 10.7. The molecule has 0 spiro atoms. The summed E-state index contributed by atoms with van der Waals surface area (Å²) < 4.78 is 0. The molecule has 2 amide bonds. The maximum Gasteiger partial charge on any atom is 0.414 e. The Bertz CT molecular complexity index is 154. The summed E-state index contributed by atoms with van der Waals surface area (Å²) in [5, 5.41) is 8.55. The highest BCUT2D eigenvalue weighted by molar-refractivity contribution is 5.89. The molecular formula is C8H15NO3. The molecule has 0 radical (unpaired) electrons. The summed E-state index contributed by atoms with van der Waals surface area (Å²) in [4.78, 5) is 22.0. The van der Waals surface area contributed by atoms with Gasteiger partial charge in [0.2, 0.25) is 5.91 Å². The topological polar surface area (TPSA) is 57.6 Å². The van der Waals surface area contributed by atoms with Gasteiger partial charge in [-0.2, -0.15) is 0 Å². The maximum atomic E-state index is 10.7. The summed E-state index contributed by atoms with van der Waals surface area (Å²) in [7, 11) is 0. The number of hydrogen-bond donors (Lipinski definition) is 1. The van der Waals surface area contributed by atoms with E-state index in [1.807, 2.05) is 6.92 Å². The van der Waals surface area contributed by atoms with Crippen LogP contribution in [-0.2, 0) is 4.79 Å². The van der Waals surface area contributed by atoms with Gasteiger partial charge in [-0.1, -0.05) is 19.8 Å². The molecule has 0 atom stereocenters. The van der Waals surface area contributed by atoms with Crippen LogP contribution in [0.5, 0.6) is 0 Å². The molecule has 0 aliphatic heterocycles. The molecule has 0 fully saturated rings. The number of amides is 2. The molecule has 0 aromatic rings. The van der Waals surface area contributed by atoms with Gasteiger partial charge < -0.3 is 5.11 Å². The van der Waals surface area contributed by atoms with E-state index in [9.17, 15) is 9.59 Å². The standard InChI is InChI=1S/C8H15NO3/c1-3-4-5-6-9(7(2)10)8(11)12/h3-6H2,1-2H3,(H,11,12). The normalized spacial score (nSPS) is 9.50. The van der Waals surface area contributed by atoms with Gasteiger partial charge in [0, 0.05) is 13.5 Å². The molecule has 12 heavy (non-hydrogen) atoms. The van der Waals surface area contributed by atoms with E-state index in [2.05, 4.69) is 0 Å². The Morgan fingerprint density at radius 2 is 1.92 bits per heavy atom. The zero-order valence-electron chi connectivity index (χ0n) is 7.54. The van der Waals surface area contributed by atoms with Crippen LogP contribution in [-0.4, -0.2) is 28.6 Å². The summed E-state index contributed by atoms with van der Waals surface area (Å²) in [6.07, 6.45) is 1.57.